The van der Waals surface area contributed by atoms with Crippen molar-refractivity contribution < 1.29 is 29.3 Å². The van der Waals surface area contributed by atoms with Gasteiger partial charge in [0.15, 0.2) is 0 Å². The van der Waals surface area contributed by atoms with Crippen molar-refractivity contribution in [3.05, 3.63) is 11.8 Å². The number of aliphatic hydroxyl groups excluding tert-OH is 1. The first kappa shape index (κ1) is 13.5. The second-order valence-corrected chi connectivity index (χ2v) is 3.96. The Balaban J connectivity index is 3.00. The molecule has 1 aliphatic rings. The summed E-state index contributed by atoms with van der Waals surface area (Å²) in [6.07, 6.45) is 0.661. The Labute approximate surface area is 98.8 Å². The predicted octanol–water partition coefficient (Wildman–Crippen LogP) is 0.161. The van der Waals surface area contributed by atoms with Gasteiger partial charge < -0.3 is 19.7 Å². The van der Waals surface area contributed by atoms with Gasteiger partial charge in [-0.2, -0.15) is 0 Å². The second-order valence-electron chi connectivity index (χ2n) is 3.96. The van der Waals surface area contributed by atoms with E-state index >= 15 is 0 Å². The summed E-state index contributed by atoms with van der Waals surface area (Å²) in [7, 11) is 1.22. The van der Waals surface area contributed by atoms with Gasteiger partial charge in [0.1, 0.15) is 6.10 Å². The molecule has 0 aromatic carbocycles. The van der Waals surface area contributed by atoms with Gasteiger partial charge in [-0.05, 0) is 6.92 Å². The number of rotatable bonds is 4. The van der Waals surface area contributed by atoms with Crippen molar-refractivity contribution in [1.29, 1.82) is 0 Å². The lowest BCUT2D eigenvalue weighted by Crippen LogP contribution is -2.38. The summed E-state index contributed by atoms with van der Waals surface area (Å²) < 4.78 is 9.78. The molecule has 0 bridgehead atoms. The molecule has 0 saturated carbocycles. The lowest BCUT2D eigenvalue weighted by atomic mass is 9.79. The number of hydrogen-bond donors (Lipinski definition) is 2. The number of esters is 1. The monoisotopic (exact) mass is 244 g/mol. The standard InChI is InChI=1S/C11H16O6/c1-6-8(4-12)7(3-10(13)14)9(5-17-6)11(15)16-2/h5-8,12H,3-4H2,1-2H3,(H,13,14). The fourth-order valence-electron chi connectivity index (χ4n) is 1.97. The Morgan fingerprint density at radius 3 is 2.65 bits per heavy atom. The summed E-state index contributed by atoms with van der Waals surface area (Å²) in [6.45, 7) is 1.48. The lowest BCUT2D eigenvalue weighted by Gasteiger charge is -2.33. The molecule has 0 saturated heterocycles. The fourth-order valence-corrected chi connectivity index (χ4v) is 1.97. The van der Waals surface area contributed by atoms with Crippen molar-refractivity contribution >= 4 is 11.9 Å². The number of ether oxygens (including phenoxy) is 2. The minimum absolute atomic E-state index is 0.159. The van der Waals surface area contributed by atoms with Crippen LogP contribution in [0.15, 0.2) is 11.8 Å². The highest BCUT2D eigenvalue weighted by Crippen LogP contribution is 2.33. The predicted molar refractivity (Wildman–Crippen MR) is 57.0 cm³/mol. The smallest absolute Gasteiger partial charge is 0.337 e. The van der Waals surface area contributed by atoms with Crippen LogP contribution in [0.3, 0.4) is 0 Å². The Bertz CT molecular complexity index is 335. The van der Waals surface area contributed by atoms with Crippen molar-refractivity contribution in [3.63, 3.8) is 0 Å². The topological polar surface area (TPSA) is 93.1 Å². The van der Waals surface area contributed by atoms with Crippen LogP contribution in [0.2, 0.25) is 0 Å². The molecule has 0 radical (unpaired) electrons. The fraction of sp³-hybridized carbons (Fsp3) is 0.636. The number of carboxylic acid groups (broad SMARTS) is 1. The van der Waals surface area contributed by atoms with Gasteiger partial charge in [-0.15, -0.1) is 0 Å². The van der Waals surface area contributed by atoms with Crippen molar-refractivity contribution in [2.24, 2.45) is 11.8 Å². The number of aliphatic carboxylic acids is 1. The minimum atomic E-state index is -1.03. The third-order valence-electron chi connectivity index (χ3n) is 2.96. The van der Waals surface area contributed by atoms with Crippen molar-refractivity contribution in [2.45, 2.75) is 19.4 Å². The molecule has 0 spiro atoms. The van der Waals surface area contributed by atoms with E-state index in [0.717, 1.165) is 0 Å². The molecule has 0 fully saturated rings. The van der Waals surface area contributed by atoms with E-state index in [9.17, 15) is 14.7 Å². The van der Waals surface area contributed by atoms with Crippen LogP contribution < -0.4 is 0 Å². The zero-order chi connectivity index (χ0) is 13.0. The van der Waals surface area contributed by atoms with Gasteiger partial charge >= 0.3 is 11.9 Å². The SMILES string of the molecule is COC(=O)C1=COC(C)C(CO)C1CC(=O)O. The summed E-state index contributed by atoms with van der Waals surface area (Å²) in [5.74, 6) is -2.67. The van der Waals surface area contributed by atoms with Crippen LogP contribution in [0.5, 0.6) is 0 Å². The van der Waals surface area contributed by atoms with E-state index < -0.39 is 23.8 Å². The van der Waals surface area contributed by atoms with E-state index in [1.807, 2.05) is 0 Å². The number of carbonyl (C=O) groups excluding carboxylic acids is 1. The first-order valence-electron chi connectivity index (χ1n) is 5.27. The first-order chi connectivity index (χ1) is 8.01. The van der Waals surface area contributed by atoms with Crippen LogP contribution in [-0.2, 0) is 19.1 Å². The summed E-state index contributed by atoms with van der Waals surface area (Å²) in [5.41, 5.74) is 0.159. The molecule has 0 amide bonds. The van der Waals surface area contributed by atoms with Crippen molar-refractivity contribution in [1.82, 2.24) is 0 Å². The van der Waals surface area contributed by atoms with Gasteiger partial charge in [-0.3, -0.25) is 4.79 Å². The molecule has 0 aromatic heterocycles. The first-order valence-corrected chi connectivity index (χ1v) is 5.27. The van der Waals surface area contributed by atoms with E-state index in [0.29, 0.717) is 0 Å². The molecule has 3 atom stereocenters. The van der Waals surface area contributed by atoms with E-state index in [1.54, 1.807) is 6.92 Å². The molecule has 3 unspecified atom stereocenters. The average molecular weight is 244 g/mol. The van der Waals surface area contributed by atoms with E-state index in [2.05, 4.69) is 4.74 Å². The molecular weight excluding hydrogens is 228 g/mol. The molecule has 0 aromatic rings. The molecule has 6 nitrogen and oxygen atoms in total. The van der Waals surface area contributed by atoms with E-state index in [4.69, 9.17) is 9.84 Å². The Kier molecular flexibility index (Phi) is 4.51. The number of hydrogen-bond acceptors (Lipinski definition) is 5. The van der Waals surface area contributed by atoms with Crippen LogP contribution >= 0.6 is 0 Å². The molecule has 2 N–H and O–H groups in total. The second kappa shape index (κ2) is 5.67. The molecule has 6 heteroatoms. The normalized spacial score (nSPS) is 27.9. The van der Waals surface area contributed by atoms with Crippen LogP contribution in [0, 0.1) is 11.8 Å². The van der Waals surface area contributed by atoms with Crippen molar-refractivity contribution in [3.8, 4) is 0 Å². The van der Waals surface area contributed by atoms with E-state index in [1.165, 1.54) is 13.4 Å². The van der Waals surface area contributed by atoms with Crippen LogP contribution in [-0.4, -0.2) is 42.0 Å². The zero-order valence-corrected chi connectivity index (χ0v) is 9.75. The Hall–Kier alpha value is -1.56. The van der Waals surface area contributed by atoms with Gasteiger partial charge in [0.05, 0.1) is 32.0 Å². The maximum Gasteiger partial charge on any atom is 0.337 e. The Morgan fingerprint density at radius 2 is 2.18 bits per heavy atom. The number of carboxylic acids is 1. The van der Waals surface area contributed by atoms with Gasteiger partial charge in [-0.1, -0.05) is 0 Å². The maximum absolute atomic E-state index is 11.5. The van der Waals surface area contributed by atoms with Gasteiger partial charge in [0, 0.05) is 11.8 Å². The largest absolute Gasteiger partial charge is 0.497 e. The lowest BCUT2D eigenvalue weighted by molar-refractivity contribution is -0.141. The summed E-state index contributed by atoms with van der Waals surface area (Å²) in [4.78, 5) is 22.3. The Morgan fingerprint density at radius 1 is 1.53 bits per heavy atom. The van der Waals surface area contributed by atoms with Crippen LogP contribution in [0.1, 0.15) is 13.3 Å². The quantitative estimate of drug-likeness (QED) is 0.684. The van der Waals surface area contributed by atoms with E-state index in [-0.39, 0.29) is 24.7 Å². The molecule has 1 aliphatic heterocycles. The molecule has 17 heavy (non-hydrogen) atoms. The van der Waals surface area contributed by atoms with Crippen LogP contribution in [0.25, 0.3) is 0 Å². The highest BCUT2D eigenvalue weighted by atomic mass is 16.5. The molecule has 96 valence electrons. The van der Waals surface area contributed by atoms with Gasteiger partial charge in [0.2, 0.25) is 0 Å². The summed E-state index contributed by atoms with van der Waals surface area (Å²) in [5, 5.41) is 18.1. The highest BCUT2D eigenvalue weighted by molar-refractivity contribution is 5.89. The van der Waals surface area contributed by atoms with Gasteiger partial charge in [-0.25, -0.2) is 4.79 Å². The third-order valence-corrected chi connectivity index (χ3v) is 2.96. The van der Waals surface area contributed by atoms with Crippen molar-refractivity contribution in [2.75, 3.05) is 13.7 Å². The summed E-state index contributed by atoms with van der Waals surface area (Å²) in [6, 6.07) is 0. The van der Waals surface area contributed by atoms with Crippen LogP contribution in [0.4, 0.5) is 0 Å². The highest BCUT2D eigenvalue weighted by Gasteiger charge is 2.38. The number of carbonyl (C=O) groups is 2. The third kappa shape index (κ3) is 2.97. The zero-order valence-electron chi connectivity index (χ0n) is 9.75. The number of methoxy groups -OCH3 is 1. The maximum atomic E-state index is 11.5. The van der Waals surface area contributed by atoms with Gasteiger partial charge in [0.25, 0.3) is 0 Å². The molecule has 0 aliphatic carbocycles. The minimum Gasteiger partial charge on any atom is -0.497 e. The summed E-state index contributed by atoms with van der Waals surface area (Å²) >= 11 is 0. The number of aliphatic hydroxyl groups is 1. The average Bonchev–Trinajstić information content (AvgIpc) is 2.28. The molecule has 1 heterocycles. The molecular formula is C11H16O6. The molecule has 1 rings (SSSR count).